The van der Waals surface area contributed by atoms with E-state index in [4.69, 9.17) is 44.9 Å². The molecule has 1 saturated heterocycles. The predicted molar refractivity (Wildman–Crippen MR) is 115 cm³/mol. The lowest BCUT2D eigenvalue weighted by Gasteiger charge is -2.13. The first-order valence-electron chi connectivity index (χ1n) is 8.52. The number of hydrogen-bond acceptors (Lipinski definition) is 4. The molecular formula is C20H18Cl2N2O3S. The Morgan fingerprint density at radius 2 is 2.00 bits per heavy atom. The summed E-state index contributed by atoms with van der Waals surface area (Å²) in [4.78, 5) is 13.9. The van der Waals surface area contributed by atoms with E-state index in [0.717, 1.165) is 11.1 Å². The van der Waals surface area contributed by atoms with Crippen molar-refractivity contribution in [1.29, 1.82) is 0 Å². The fourth-order valence-electron chi connectivity index (χ4n) is 2.78. The summed E-state index contributed by atoms with van der Waals surface area (Å²) in [5.41, 5.74) is 2.04. The zero-order valence-corrected chi connectivity index (χ0v) is 17.6. The largest absolute Gasteiger partial charge is 0.496 e. The van der Waals surface area contributed by atoms with Crippen LogP contribution in [-0.2, 0) is 11.4 Å². The fourth-order valence-corrected chi connectivity index (χ4v) is 3.45. The van der Waals surface area contributed by atoms with Crippen molar-refractivity contribution < 1.29 is 14.3 Å². The van der Waals surface area contributed by atoms with Crippen molar-refractivity contribution in [1.82, 2.24) is 10.2 Å². The number of carbonyl (C=O) groups is 1. The van der Waals surface area contributed by atoms with Gasteiger partial charge in [-0.05, 0) is 55.0 Å². The molecule has 0 radical (unpaired) electrons. The molecule has 0 saturated carbocycles. The Balaban J connectivity index is 1.84. The summed E-state index contributed by atoms with van der Waals surface area (Å²) in [6.07, 6.45) is 1.75. The summed E-state index contributed by atoms with van der Waals surface area (Å²) >= 11 is 17.4. The molecule has 5 nitrogen and oxygen atoms in total. The fraction of sp³-hybridized carbons (Fsp3) is 0.200. The normalized spacial score (nSPS) is 15.1. The molecule has 0 unspecified atom stereocenters. The molecule has 1 aliphatic heterocycles. The van der Waals surface area contributed by atoms with Crippen LogP contribution in [0.3, 0.4) is 0 Å². The highest BCUT2D eigenvalue weighted by molar-refractivity contribution is 7.80. The number of halogens is 2. The SMILES string of the molecule is CCN1C(=O)/C(=C\c2ccc(OC)c(COc3cccc(Cl)c3Cl)c2)NC1=S. The van der Waals surface area contributed by atoms with Crippen molar-refractivity contribution in [3.8, 4) is 11.5 Å². The van der Waals surface area contributed by atoms with Crippen LogP contribution in [0.5, 0.6) is 11.5 Å². The summed E-state index contributed by atoms with van der Waals surface area (Å²) in [6.45, 7) is 2.61. The Bertz CT molecular complexity index is 962. The van der Waals surface area contributed by atoms with Crippen LogP contribution in [0, 0.1) is 0 Å². The Kier molecular flexibility index (Phi) is 6.44. The van der Waals surface area contributed by atoms with Gasteiger partial charge in [-0.3, -0.25) is 9.69 Å². The smallest absolute Gasteiger partial charge is 0.276 e. The maximum atomic E-state index is 12.4. The molecule has 2 aromatic carbocycles. The van der Waals surface area contributed by atoms with Gasteiger partial charge in [-0.15, -0.1) is 0 Å². The second-order valence-electron chi connectivity index (χ2n) is 5.95. The summed E-state index contributed by atoms with van der Waals surface area (Å²) in [7, 11) is 1.59. The number of benzene rings is 2. The van der Waals surface area contributed by atoms with Crippen LogP contribution < -0.4 is 14.8 Å². The minimum absolute atomic E-state index is 0.146. The summed E-state index contributed by atoms with van der Waals surface area (Å²) in [5, 5.41) is 4.14. The van der Waals surface area contributed by atoms with Crippen LogP contribution >= 0.6 is 35.4 Å². The van der Waals surface area contributed by atoms with Crippen LogP contribution in [-0.4, -0.2) is 29.6 Å². The van der Waals surface area contributed by atoms with Gasteiger partial charge in [0, 0.05) is 12.1 Å². The molecule has 0 bridgehead atoms. The molecule has 0 spiro atoms. The van der Waals surface area contributed by atoms with E-state index in [-0.39, 0.29) is 12.5 Å². The van der Waals surface area contributed by atoms with Gasteiger partial charge in [-0.2, -0.15) is 0 Å². The lowest BCUT2D eigenvalue weighted by Crippen LogP contribution is -2.30. The van der Waals surface area contributed by atoms with E-state index in [1.54, 1.807) is 31.4 Å². The quantitative estimate of drug-likeness (QED) is 0.527. The number of hydrogen-bond donors (Lipinski definition) is 1. The molecule has 1 N–H and O–H groups in total. The zero-order chi connectivity index (χ0) is 20.3. The highest BCUT2D eigenvalue weighted by Gasteiger charge is 2.29. The summed E-state index contributed by atoms with van der Waals surface area (Å²) in [6, 6.07) is 10.8. The van der Waals surface area contributed by atoms with Gasteiger partial charge in [0.2, 0.25) is 0 Å². The molecule has 146 valence electrons. The molecule has 0 atom stereocenters. The van der Waals surface area contributed by atoms with E-state index in [1.165, 1.54) is 4.90 Å². The standard InChI is InChI=1S/C20H18Cl2N2O3S/c1-3-24-19(25)15(23-20(24)28)10-12-7-8-16(26-2)13(9-12)11-27-17-6-4-5-14(21)18(17)22/h4-10H,3,11H2,1-2H3,(H,23,28)/b15-10+. The third-order valence-electron chi connectivity index (χ3n) is 4.19. The number of ether oxygens (including phenoxy) is 2. The van der Waals surface area contributed by atoms with Crippen LogP contribution in [0.25, 0.3) is 6.08 Å². The third kappa shape index (κ3) is 4.24. The van der Waals surface area contributed by atoms with E-state index in [9.17, 15) is 4.79 Å². The van der Waals surface area contributed by atoms with Crippen LogP contribution in [0.1, 0.15) is 18.1 Å². The topological polar surface area (TPSA) is 50.8 Å². The number of amides is 1. The molecule has 0 aromatic heterocycles. The van der Waals surface area contributed by atoms with Gasteiger partial charge in [0.25, 0.3) is 5.91 Å². The number of nitrogens with zero attached hydrogens (tertiary/aromatic N) is 1. The molecule has 1 heterocycles. The van der Waals surface area contributed by atoms with Gasteiger partial charge < -0.3 is 14.8 Å². The second-order valence-corrected chi connectivity index (χ2v) is 7.12. The first-order valence-corrected chi connectivity index (χ1v) is 9.69. The molecule has 3 rings (SSSR count). The Morgan fingerprint density at radius 1 is 1.21 bits per heavy atom. The highest BCUT2D eigenvalue weighted by Crippen LogP contribution is 2.33. The predicted octanol–water partition coefficient (Wildman–Crippen LogP) is 4.66. The first kappa shape index (κ1) is 20.5. The molecule has 8 heteroatoms. The van der Waals surface area contributed by atoms with Crippen molar-refractivity contribution >= 4 is 52.5 Å². The second kappa shape index (κ2) is 8.82. The van der Waals surface area contributed by atoms with Crippen molar-refractivity contribution in [3.05, 3.63) is 63.3 Å². The molecule has 1 amide bonds. The van der Waals surface area contributed by atoms with E-state index < -0.39 is 0 Å². The number of nitrogens with one attached hydrogen (secondary N) is 1. The number of likely N-dealkylation sites (N-methyl/N-ethyl adjacent to an activating group) is 1. The van der Waals surface area contributed by atoms with E-state index in [2.05, 4.69) is 5.32 Å². The van der Waals surface area contributed by atoms with Crippen LogP contribution in [0.2, 0.25) is 10.0 Å². The average molecular weight is 437 g/mol. The van der Waals surface area contributed by atoms with Gasteiger partial charge in [0.05, 0.1) is 12.1 Å². The van der Waals surface area contributed by atoms with Crippen molar-refractivity contribution in [3.63, 3.8) is 0 Å². The Morgan fingerprint density at radius 3 is 2.68 bits per heavy atom. The van der Waals surface area contributed by atoms with E-state index in [1.807, 2.05) is 25.1 Å². The Hall–Kier alpha value is -2.28. The van der Waals surface area contributed by atoms with Gasteiger partial charge >= 0.3 is 0 Å². The summed E-state index contributed by atoms with van der Waals surface area (Å²) in [5.74, 6) is 1.00. The number of carbonyl (C=O) groups excluding carboxylic acids is 1. The molecule has 28 heavy (non-hydrogen) atoms. The first-order chi connectivity index (χ1) is 13.4. The minimum atomic E-state index is -0.146. The summed E-state index contributed by atoms with van der Waals surface area (Å²) < 4.78 is 11.2. The number of thiocarbonyl (C=S) groups is 1. The minimum Gasteiger partial charge on any atom is -0.496 e. The number of methoxy groups -OCH3 is 1. The van der Waals surface area contributed by atoms with Gasteiger partial charge in [0.1, 0.15) is 28.8 Å². The van der Waals surface area contributed by atoms with E-state index >= 15 is 0 Å². The molecule has 2 aromatic rings. The van der Waals surface area contributed by atoms with Gasteiger partial charge in [-0.1, -0.05) is 35.3 Å². The maximum absolute atomic E-state index is 12.4. The molecule has 1 fully saturated rings. The zero-order valence-electron chi connectivity index (χ0n) is 15.3. The number of rotatable bonds is 6. The highest BCUT2D eigenvalue weighted by atomic mass is 35.5. The van der Waals surface area contributed by atoms with Crippen molar-refractivity contribution in [2.75, 3.05) is 13.7 Å². The molecular weight excluding hydrogens is 419 g/mol. The van der Waals surface area contributed by atoms with Crippen molar-refractivity contribution in [2.24, 2.45) is 0 Å². The Labute approximate surface area is 178 Å². The molecule has 1 aliphatic rings. The third-order valence-corrected chi connectivity index (χ3v) is 5.32. The van der Waals surface area contributed by atoms with Crippen LogP contribution in [0.4, 0.5) is 0 Å². The van der Waals surface area contributed by atoms with Gasteiger partial charge in [0.15, 0.2) is 5.11 Å². The van der Waals surface area contributed by atoms with Crippen LogP contribution in [0.15, 0.2) is 42.1 Å². The lowest BCUT2D eigenvalue weighted by atomic mass is 10.1. The molecule has 0 aliphatic carbocycles. The average Bonchev–Trinajstić information content (AvgIpc) is 2.95. The maximum Gasteiger partial charge on any atom is 0.276 e. The van der Waals surface area contributed by atoms with E-state index in [0.29, 0.717) is 38.9 Å². The van der Waals surface area contributed by atoms with Crippen molar-refractivity contribution in [2.45, 2.75) is 13.5 Å². The van der Waals surface area contributed by atoms with Gasteiger partial charge in [-0.25, -0.2) is 0 Å². The monoisotopic (exact) mass is 436 g/mol. The lowest BCUT2D eigenvalue weighted by molar-refractivity contribution is -0.122.